The number of aromatic nitrogens is 4. The van der Waals surface area contributed by atoms with Gasteiger partial charge in [0.2, 0.25) is 12.3 Å². The maximum atomic E-state index is 5.40. The van der Waals surface area contributed by atoms with Gasteiger partial charge < -0.3 is 19.6 Å². The molecule has 0 bridgehead atoms. The highest BCUT2D eigenvalue weighted by Crippen LogP contribution is 2.12. The molecular formula is C9H14N6O2. The van der Waals surface area contributed by atoms with Crippen LogP contribution in [0.2, 0.25) is 0 Å². The van der Waals surface area contributed by atoms with Crippen LogP contribution in [-0.4, -0.2) is 33.9 Å². The second-order valence-electron chi connectivity index (χ2n) is 3.48. The van der Waals surface area contributed by atoms with Crippen molar-refractivity contribution in [3.8, 4) is 0 Å². The summed E-state index contributed by atoms with van der Waals surface area (Å²) in [6.45, 7) is 2.55. The first-order valence-corrected chi connectivity index (χ1v) is 5.29. The van der Waals surface area contributed by atoms with Crippen molar-refractivity contribution in [2.24, 2.45) is 0 Å². The average Bonchev–Trinajstić information content (AvgIpc) is 2.99. The van der Waals surface area contributed by atoms with Gasteiger partial charge in [0, 0.05) is 13.0 Å². The number of anilines is 1. The Bertz CT molecular complexity index is 440. The third-order valence-corrected chi connectivity index (χ3v) is 2.28. The van der Waals surface area contributed by atoms with Crippen molar-refractivity contribution >= 4 is 6.01 Å². The zero-order valence-electron chi connectivity index (χ0n) is 9.67. The molecule has 0 saturated heterocycles. The van der Waals surface area contributed by atoms with Crippen LogP contribution in [-0.2, 0) is 6.42 Å². The van der Waals surface area contributed by atoms with Gasteiger partial charge in [0.15, 0.2) is 5.82 Å². The number of nitrogens with one attached hydrogen (secondary N) is 2. The molecule has 2 N–H and O–H groups in total. The summed E-state index contributed by atoms with van der Waals surface area (Å²) in [5, 5.41) is 17.5. The Morgan fingerprint density at radius 2 is 2.29 bits per heavy atom. The molecule has 0 fully saturated rings. The molecular weight excluding hydrogens is 224 g/mol. The van der Waals surface area contributed by atoms with Crippen LogP contribution in [0.3, 0.4) is 0 Å². The van der Waals surface area contributed by atoms with E-state index in [4.69, 9.17) is 4.42 Å². The highest BCUT2D eigenvalue weighted by Gasteiger charge is 2.11. The van der Waals surface area contributed by atoms with E-state index in [-0.39, 0.29) is 6.04 Å². The Morgan fingerprint density at radius 1 is 1.41 bits per heavy atom. The molecule has 8 nitrogen and oxygen atoms in total. The highest BCUT2D eigenvalue weighted by molar-refractivity contribution is 5.17. The number of nitrogens with zero attached hydrogens (tertiary/aromatic N) is 4. The van der Waals surface area contributed by atoms with Gasteiger partial charge >= 0.3 is 6.01 Å². The van der Waals surface area contributed by atoms with Crippen LogP contribution in [0, 0.1) is 0 Å². The average molecular weight is 238 g/mol. The highest BCUT2D eigenvalue weighted by atomic mass is 16.5. The van der Waals surface area contributed by atoms with Crippen molar-refractivity contribution in [3.63, 3.8) is 0 Å². The van der Waals surface area contributed by atoms with E-state index >= 15 is 0 Å². The predicted octanol–water partition coefficient (Wildman–Crippen LogP) is 0.388. The largest absolute Gasteiger partial charge is 0.406 e. The number of hydrogen-bond acceptors (Lipinski definition) is 8. The quantitative estimate of drug-likeness (QED) is 0.745. The van der Waals surface area contributed by atoms with Crippen LogP contribution in [0.4, 0.5) is 6.01 Å². The molecule has 0 spiro atoms. The third-order valence-electron chi connectivity index (χ3n) is 2.28. The van der Waals surface area contributed by atoms with Crippen LogP contribution in [0.15, 0.2) is 15.3 Å². The van der Waals surface area contributed by atoms with Crippen LogP contribution >= 0.6 is 0 Å². The van der Waals surface area contributed by atoms with E-state index in [9.17, 15) is 0 Å². The lowest BCUT2D eigenvalue weighted by Crippen LogP contribution is -2.12. The normalized spacial score (nSPS) is 12.6. The fraction of sp³-hybridized carbons (Fsp3) is 0.556. The van der Waals surface area contributed by atoms with Gasteiger partial charge in [0.25, 0.3) is 0 Å². The monoisotopic (exact) mass is 238 g/mol. The maximum Gasteiger partial charge on any atom is 0.315 e. The van der Waals surface area contributed by atoms with E-state index in [1.807, 2.05) is 14.0 Å². The smallest absolute Gasteiger partial charge is 0.315 e. The van der Waals surface area contributed by atoms with Gasteiger partial charge in [0.1, 0.15) is 0 Å². The van der Waals surface area contributed by atoms with Gasteiger partial charge in [0.05, 0.1) is 6.04 Å². The van der Waals surface area contributed by atoms with Gasteiger partial charge in [-0.25, -0.2) is 0 Å². The van der Waals surface area contributed by atoms with Crippen LogP contribution in [0.5, 0.6) is 0 Å². The Hall–Kier alpha value is -1.96. The molecule has 2 rings (SSSR count). The first-order valence-electron chi connectivity index (χ1n) is 5.29. The molecule has 2 aromatic heterocycles. The molecule has 0 aliphatic heterocycles. The summed E-state index contributed by atoms with van der Waals surface area (Å²) in [6, 6.07) is 0.431. The summed E-state index contributed by atoms with van der Waals surface area (Å²) >= 11 is 0. The maximum absolute atomic E-state index is 5.40. The second-order valence-corrected chi connectivity index (χ2v) is 3.48. The fourth-order valence-electron chi connectivity index (χ4n) is 1.19. The summed E-state index contributed by atoms with van der Waals surface area (Å²) in [4.78, 5) is 3.90. The van der Waals surface area contributed by atoms with E-state index in [0.29, 0.717) is 30.7 Å². The van der Waals surface area contributed by atoms with Crippen molar-refractivity contribution in [2.45, 2.75) is 19.4 Å². The van der Waals surface area contributed by atoms with E-state index in [1.165, 1.54) is 6.39 Å². The third kappa shape index (κ3) is 3.00. The number of hydrogen-bond donors (Lipinski definition) is 2. The van der Waals surface area contributed by atoms with E-state index in [0.717, 1.165) is 0 Å². The van der Waals surface area contributed by atoms with E-state index < -0.39 is 0 Å². The molecule has 0 aliphatic carbocycles. The lowest BCUT2D eigenvalue weighted by atomic mass is 10.3. The lowest BCUT2D eigenvalue weighted by molar-refractivity contribution is 0.410. The SMILES string of the molecule is CNC(C)c1nnc(NCCc2ncon2)o1. The van der Waals surface area contributed by atoms with Crippen molar-refractivity contribution in [1.29, 1.82) is 0 Å². The summed E-state index contributed by atoms with van der Waals surface area (Å²) in [6.07, 6.45) is 1.94. The second kappa shape index (κ2) is 5.39. The Balaban J connectivity index is 1.81. The zero-order chi connectivity index (χ0) is 12.1. The van der Waals surface area contributed by atoms with Crippen molar-refractivity contribution in [2.75, 3.05) is 18.9 Å². The van der Waals surface area contributed by atoms with E-state index in [1.54, 1.807) is 0 Å². The van der Waals surface area contributed by atoms with Crippen molar-refractivity contribution in [1.82, 2.24) is 25.7 Å². The number of rotatable bonds is 6. The Morgan fingerprint density at radius 3 is 3.00 bits per heavy atom. The zero-order valence-corrected chi connectivity index (χ0v) is 9.67. The summed E-state index contributed by atoms with van der Waals surface area (Å²) in [5.41, 5.74) is 0. The first kappa shape index (κ1) is 11.5. The Kier molecular flexibility index (Phi) is 3.66. The first-order chi connectivity index (χ1) is 8.29. The fourth-order valence-corrected chi connectivity index (χ4v) is 1.19. The molecule has 0 radical (unpaired) electrons. The molecule has 0 amide bonds. The standard InChI is InChI=1S/C9H14N6O2/c1-6(10-2)8-13-14-9(17-8)11-4-3-7-12-5-16-15-7/h5-6,10H,3-4H2,1-2H3,(H,11,14). The molecule has 2 heterocycles. The molecule has 92 valence electrons. The van der Waals surface area contributed by atoms with Gasteiger partial charge in [-0.15, -0.1) is 5.10 Å². The minimum Gasteiger partial charge on any atom is -0.406 e. The van der Waals surface area contributed by atoms with Gasteiger partial charge in [-0.2, -0.15) is 4.98 Å². The molecule has 2 aromatic rings. The van der Waals surface area contributed by atoms with Crippen LogP contribution in [0.1, 0.15) is 24.7 Å². The Labute approximate surface area is 97.8 Å². The van der Waals surface area contributed by atoms with Crippen LogP contribution < -0.4 is 10.6 Å². The molecule has 0 aliphatic rings. The molecule has 1 unspecified atom stereocenters. The molecule has 8 heteroatoms. The van der Waals surface area contributed by atoms with Gasteiger partial charge in [-0.1, -0.05) is 10.3 Å². The predicted molar refractivity (Wildman–Crippen MR) is 58.3 cm³/mol. The van der Waals surface area contributed by atoms with Gasteiger partial charge in [-0.3, -0.25) is 0 Å². The topological polar surface area (TPSA) is 102 Å². The van der Waals surface area contributed by atoms with Crippen molar-refractivity contribution in [3.05, 3.63) is 18.1 Å². The van der Waals surface area contributed by atoms with Crippen LogP contribution in [0.25, 0.3) is 0 Å². The summed E-state index contributed by atoms with van der Waals surface area (Å²) in [7, 11) is 1.83. The van der Waals surface area contributed by atoms with Crippen molar-refractivity contribution < 1.29 is 8.94 Å². The van der Waals surface area contributed by atoms with E-state index in [2.05, 4.69) is 35.5 Å². The summed E-state index contributed by atoms with van der Waals surface area (Å²) < 4.78 is 10.0. The summed E-state index contributed by atoms with van der Waals surface area (Å²) in [5.74, 6) is 1.19. The molecule has 0 aromatic carbocycles. The molecule has 1 atom stereocenters. The minimum atomic E-state index is 0.0373. The lowest BCUT2D eigenvalue weighted by Gasteiger charge is -2.02. The molecule has 17 heavy (non-hydrogen) atoms. The molecule has 0 saturated carbocycles. The van der Waals surface area contributed by atoms with Gasteiger partial charge in [-0.05, 0) is 14.0 Å². The minimum absolute atomic E-state index is 0.0373.